The van der Waals surface area contributed by atoms with Crippen molar-refractivity contribution in [1.29, 1.82) is 0 Å². The standard InChI is InChI=1S/C16H10Cl2F4N2O3S/c17-8-2-1-7-13(5-23-15(7)16(8)27-6-14(21)22)28(25,26)24-12-4-10(19)9(18)3-11(12)20/h1-5,14,23-24H,6H2. The molecule has 0 saturated heterocycles. The molecule has 0 fully saturated rings. The molecule has 0 aliphatic carbocycles. The van der Waals surface area contributed by atoms with Crippen molar-refractivity contribution in [1.82, 2.24) is 4.98 Å². The van der Waals surface area contributed by atoms with Gasteiger partial charge in [0.15, 0.2) is 5.75 Å². The average molecular weight is 457 g/mol. The highest BCUT2D eigenvalue weighted by molar-refractivity contribution is 7.93. The van der Waals surface area contributed by atoms with Gasteiger partial charge in [0.1, 0.15) is 23.1 Å². The molecule has 0 unspecified atom stereocenters. The lowest BCUT2D eigenvalue weighted by Crippen LogP contribution is -2.14. The molecular formula is C16H10Cl2F4N2O3S. The van der Waals surface area contributed by atoms with E-state index in [0.717, 1.165) is 6.20 Å². The van der Waals surface area contributed by atoms with Gasteiger partial charge in [-0.3, -0.25) is 4.72 Å². The molecule has 0 radical (unpaired) electrons. The molecule has 0 aliphatic heterocycles. The van der Waals surface area contributed by atoms with Crippen LogP contribution < -0.4 is 9.46 Å². The molecule has 12 heteroatoms. The number of H-pyrrole nitrogens is 1. The number of hydrogen-bond acceptors (Lipinski definition) is 3. The number of alkyl halides is 2. The van der Waals surface area contributed by atoms with Gasteiger partial charge in [-0.25, -0.2) is 26.0 Å². The zero-order valence-electron chi connectivity index (χ0n) is 13.6. The minimum Gasteiger partial charge on any atom is -0.484 e. The molecule has 3 aromatic rings. The SMILES string of the molecule is O=S(=O)(Nc1cc(F)c(Cl)cc1F)c1c[nH]c2c(OCC(F)F)c(Cl)ccc12. The van der Waals surface area contributed by atoms with E-state index in [1.807, 2.05) is 4.72 Å². The Hall–Kier alpha value is -2.17. The van der Waals surface area contributed by atoms with Gasteiger partial charge in [-0.1, -0.05) is 23.2 Å². The lowest BCUT2D eigenvalue weighted by atomic mass is 10.2. The van der Waals surface area contributed by atoms with Crippen molar-refractivity contribution in [3.63, 3.8) is 0 Å². The van der Waals surface area contributed by atoms with Crippen LogP contribution in [0.2, 0.25) is 10.0 Å². The van der Waals surface area contributed by atoms with E-state index < -0.39 is 45.4 Å². The molecule has 0 saturated carbocycles. The zero-order valence-corrected chi connectivity index (χ0v) is 15.9. The lowest BCUT2D eigenvalue weighted by molar-refractivity contribution is 0.0826. The summed E-state index contributed by atoms with van der Waals surface area (Å²) >= 11 is 11.4. The Morgan fingerprint density at radius 2 is 1.82 bits per heavy atom. The molecule has 3 rings (SSSR count). The average Bonchev–Trinajstić information content (AvgIpc) is 3.03. The van der Waals surface area contributed by atoms with E-state index in [1.54, 1.807) is 0 Å². The number of benzene rings is 2. The summed E-state index contributed by atoms with van der Waals surface area (Å²) in [5.74, 6) is -2.27. The predicted octanol–water partition coefficient (Wildman–Crippen LogP) is 5.20. The second kappa shape index (κ2) is 7.69. The first kappa shape index (κ1) is 20.6. The van der Waals surface area contributed by atoms with Crippen molar-refractivity contribution in [2.75, 3.05) is 11.3 Å². The van der Waals surface area contributed by atoms with Gasteiger partial charge in [-0.15, -0.1) is 0 Å². The summed E-state index contributed by atoms with van der Waals surface area (Å²) in [6, 6.07) is 3.80. The summed E-state index contributed by atoms with van der Waals surface area (Å²) in [5.41, 5.74) is -0.601. The summed E-state index contributed by atoms with van der Waals surface area (Å²) in [7, 11) is -4.39. The Labute approximate surface area is 166 Å². The van der Waals surface area contributed by atoms with Gasteiger partial charge < -0.3 is 9.72 Å². The first-order valence-corrected chi connectivity index (χ1v) is 9.72. The van der Waals surface area contributed by atoms with Crippen molar-refractivity contribution in [3.8, 4) is 5.75 Å². The molecule has 1 heterocycles. The number of aromatic amines is 1. The van der Waals surface area contributed by atoms with Crippen LogP contribution in [-0.4, -0.2) is 26.4 Å². The molecule has 0 spiro atoms. The summed E-state index contributed by atoms with van der Waals surface area (Å²) in [6.07, 6.45) is -1.73. The maximum Gasteiger partial charge on any atom is 0.272 e. The van der Waals surface area contributed by atoms with E-state index in [0.29, 0.717) is 12.1 Å². The minimum atomic E-state index is -4.39. The van der Waals surface area contributed by atoms with E-state index in [9.17, 15) is 26.0 Å². The molecule has 5 nitrogen and oxygen atoms in total. The van der Waals surface area contributed by atoms with Crippen LogP contribution in [0.15, 0.2) is 35.4 Å². The Bertz CT molecular complexity index is 1150. The summed E-state index contributed by atoms with van der Waals surface area (Å²) in [4.78, 5) is 2.23. The van der Waals surface area contributed by atoms with Crippen molar-refractivity contribution in [3.05, 3.63) is 52.1 Å². The quantitative estimate of drug-likeness (QED) is 0.395. The molecule has 150 valence electrons. The van der Waals surface area contributed by atoms with Gasteiger partial charge in [0, 0.05) is 17.6 Å². The number of nitrogens with one attached hydrogen (secondary N) is 2. The van der Waals surface area contributed by atoms with Crippen LogP contribution in [0.25, 0.3) is 10.9 Å². The third-order valence-corrected chi connectivity index (χ3v) is 5.61. The van der Waals surface area contributed by atoms with Gasteiger partial charge >= 0.3 is 0 Å². The second-order valence-electron chi connectivity index (χ2n) is 5.51. The Balaban J connectivity index is 2.03. The van der Waals surface area contributed by atoms with E-state index in [2.05, 4.69) is 4.98 Å². The van der Waals surface area contributed by atoms with Crippen molar-refractivity contribution in [2.45, 2.75) is 11.3 Å². The van der Waals surface area contributed by atoms with E-state index in [4.69, 9.17) is 27.9 Å². The van der Waals surface area contributed by atoms with Crippen LogP contribution in [0.1, 0.15) is 0 Å². The number of hydrogen-bond donors (Lipinski definition) is 2. The fourth-order valence-corrected chi connectivity index (χ4v) is 4.02. The Kier molecular flexibility index (Phi) is 5.64. The van der Waals surface area contributed by atoms with E-state index in [1.165, 1.54) is 12.1 Å². The van der Waals surface area contributed by atoms with Crippen LogP contribution >= 0.6 is 23.2 Å². The van der Waals surface area contributed by atoms with Crippen molar-refractivity contribution in [2.24, 2.45) is 0 Å². The fraction of sp³-hybridized carbons (Fsp3) is 0.125. The number of sulfonamides is 1. The summed E-state index contributed by atoms with van der Waals surface area (Å²) in [6.45, 7) is -0.951. The zero-order chi connectivity index (χ0) is 20.6. The topological polar surface area (TPSA) is 71.2 Å². The maximum absolute atomic E-state index is 13.9. The summed E-state index contributed by atoms with van der Waals surface area (Å²) < 4.78 is 84.5. The number of halogens is 6. The van der Waals surface area contributed by atoms with Gasteiger partial charge in [-0.2, -0.15) is 0 Å². The van der Waals surface area contributed by atoms with Crippen LogP contribution in [0.4, 0.5) is 23.2 Å². The molecule has 2 aromatic carbocycles. The third-order valence-electron chi connectivity index (χ3n) is 3.62. The highest BCUT2D eigenvalue weighted by Gasteiger charge is 2.24. The molecule has 0 amide bonds. The van der Waals surface area contributed by atoms with Crippen LogP contribution in [0, 0.1) is 11.6 Å². The monoisotopic (exact) mass is 456 g/mol. The molecule has 0 atom stereocenters. The number of anilines is 1. The van der Waals surface area contributed by atoms with E-state index in [-0.39, 0.29) is 26.6 Å². The number of fused-ring (bicyclic) bond motifs is 1. The largest absolute Gasteiger partial charge is 0.484 e. The molecule has 0 bridgehead atoms. The Morgan fingerprint density at radius 1 is 1.11 bits per heavy atom. The smallest absolute Gasteiger partial charge is 0.272 e. The fourth-order valence-electron chi connectivity index (χ4n) is 2.43. The van der Waals surface area contributed by atoms with Crippen LogP contribution in [-0.2, 0) is 10.0 Å². The van der Waals surface area contributed by atoms with Gasteiger partial charge in [0.05, 0.1) is 21.2 Å². The third kappa shape index (κ3) is 3.98. The maximum atomic E-state index is 13.9. The second-order valence-corrected chi connectivity index (χ2v) is 7.97. The van der Waals surface area contributed by atoms with Gasteiger partial charge in [0.2, 0.25) is 0 Å². The highest BCUT2D eigenvalue weighted by Crippen LogP contribution is 2.36. The van der Waals surface area contributed by atoms with Crippen molar-refractivity contribution >= 4 is 49.8 Å². The molecule has 0 aliphatic rings. The number of ether oxygens (including phenoxy) is 1. The summed E-state index contributed by atoms with van der Waals surface area (Å²) in [5, 5.41) is -0.475. The first-order chi connectivity index (χ1) is 13.1. The molecule has 1 aromatic heterocycles. The minimum absolute atomic E-state index is 0.0160. The van der Waals surface area contributed by atoms with Gasteiger partial charge in [0.25, 0.3) is 16.4 Å². The molecule has 2 N–H and O–H groups in total. The normalized spacial score (nSPS) is 12.0. The molecular weight excluding hydrogens is 447 g/mol. The van der Waals surface area contributed by atoms with Crippen LogP contribution in [0.5, 0.6) is 5.75 Å². The lowest BCUT2D eigenvalue weighted by Gasteiger charge is -2.10. The Morgan fingerprint density at radius 3 is 2.50 bits per heavy atom. The van der Waals surface area contributed by atoms with E-state index >= 15 is 0 Å². The number of rotatable bonds is 6. The predicted molar refractivity (Wildman–Crippen MR) is 97.0 cm³/mol. The highest BCUT2D eigenvalue weighted by atomic mass is 35.5. The first-order valence-electron chi connectivity index (χ1n) is 7.48. The van der Waals surface area contributed by atoms with Crippen molar-refractivity contribution < 1.29 is 30.7 Å². The number of aromatic nitrogens is 1. The molecule has 28 heavy (non-hydrogen) atoms. The van der Waals surface area contributed by atoms with Gasteiger partial charge in [-0.05, 0) is 18.2 Å². The van der Waals surface area contributed by atoms with Crippen LogP contribution in [0.3, 0.4) is 0 Å².